The Kier molecular flexibility index (Phi) is 6.94. The van der Waals surface area contributed by atoms with Gasteiger partial charge in [-0.05, 0) is 42.5 Å². The van der Waals surface area contributed by atoms with Crippen molar-refractivity contribution < 1.29 is 4.79 Å². The van der Waals surface area contributed by atoms with Crippen molar-refractivity contribution in [3.63, 3.8) is 0 Å². The zero-order valence-corrected chi connectivity index (χ0v) is 20.8. The molecule has 4 aromatic rings. The van der Waals surface area contributed by atoms with Crippen LogP contribution in [0.1, 0.15) is 57.1 Å². The minimum absolute atomic E-state index is 0.0932. The fraction of sp³-hybridized carbons (Fsp3) is 0.346. The zero-order valence-electron chi connectivity index (χ0n) is 20.0. The fourth-order valence-corrected chi connectivity index (χ4v) is 5.35. The molecule has 1 fully saturated rings. The van der Waals surface area contributed by atoms with Gasteiger partial charge in [-0.1, -0.05) is 56.7 Å². The summed E-state index contributed by atoms with van der Waals surface area (Å²) in [6.07, 6.45) is 9.90. The first kappa shape index (κ1) is 23.3. The molecule has 3 aromatic heterocycles. The first-order chi connectivity index (χ1) is 17.1. The van der Waals surface area contributed by atoms with Crippen LogP contribution in [0.5, 0.6) is 0 Å². The van der Waals surface area contributed by atoms with Crippen LogP contribution in [-0.4, -0.2) is 41.2 Å². The van der Waals surface area contributed by atoms with Crippen LogP contribution in [-0.2, 0) is 4.79 Å². The number of pyridine rings is 1. The van der Waals surface area contributed by atoms with E-state index in [0.717, 1.165) is 29.9 Å². The second-order valence-electron chi connectivity index (χ2n) is 9.03. The van der Waals surface area contributed by atoms with Crippen LogP contribution in [0.3, 0.4) is 0 Å². The number of nitrogens with zero attached hydrogens (tertiary/aromatic N) is 6. The lowest BCUT2D eigenvalue weighted by atomic mass is 10.0. The van der Waals surface area contributed by atoms with Crippen molar-refractivity contribution in [3.8, 4) is 17.1 Å². The maximum Gasteiger partial charge on any atom is 0.235 e. The molecule has 0 bridgehead atoms. The van der Waals surface area contributed by atoms with Gasteiger partial charge in [-0.2, -0.15) is 5.10 Å². The largest absolute Gasteiger partial charge is 0.310 e. The van der Waals surface area contributed by atoms with Crippen molar-refractivity contribution in [2.45, 2.75) is 56.6 Å². The summed E-state index contributed by atoms with van der Waals surface area (Å²) in [4.78, 5) is 17.2. The Bertz CT molecular complexity index is 1290. The minimum atomic E-state index is -0.0932. The number of anilines is 1. The van der Waals surface area contributed by atoms with Crippen LogP contribution < -0.4 is 5.32 Å². The van der Waals surface area contributed by atoms with E-state index in [9.17, 15) is 4.79 Å². The number of carbonyl (C=O) groups excluding carboxylic acids is 1. The average Bonchev–Trinajstić information content (AvgIpc) is 3.64. The highest BCUT2D eigenvalue weighted by molar-refractivity contribution is 7.99. The second-order valence-corrected chi connectivity index (χ2v) is 9.98. The van der Waals surface area contributed by atoms with Gasteiger partial charge in [0.25, 0.3) is 0 Å². The molecule has 1 saturated carbocycles. The van der Waals surface area contributed by atoms with Gasteiger partial charge in [0.15, 0.2) is 11.0 Å². The molecule has 1 N–H and O–H groups in total. The van der Waals surface area contributed by atoms with Crippen molar-refractivity contribution in [2.75, 3.05) is 11.1 Å². The Hall–Kier alpha value is -3.46. The molecule has 0 aliphatic heterocycles. The molecule has 0 saturated heterocycles. The predicted molar refractivity (Wildman–Crippen MR) is 138 cm³/mol. The smallest absolute Gasteiger partial charge is 0.235 e. The van der Waals surface area contributed by atoms with Crippen molar-refractivity contribution in [1.82, 2.24) is 29.5 Å². The minimum Gasteiger partial charge on any atom is -0.310 e. The van der Waals surface area contributed by atoms with Crippen LogP contribution in [0.2, 0.25) is 0 Å². The molecule has 9 heteroatoms. The molecular weight excluding hydrogens is 458 g/mol. The maximum absolute atomic E-state index is 12.9. The van der Waals surface area contributed by atoms with Gasteiger partial charge in [-0.3, -0.25) is 14.3 Å². The number of rotatable bonds is 8. The van der Waals surface area contributed by atoms with Crippen LogP contribution in [0.15, 0.2) is 66.2 Å². The Morgan fingerprint density at radius 2 is 1.91 bits per heavy atom. The number of nitrogens with one attached hydrogen (secondary N) is 1. The van der Waals surface area contributed by atoms with Crippen molar-refractivity contribution >= 4 is 23.5 Å². The SMILES string of the molecule is CC(C)c1ccccc1-n1c(SCC(=O)Nc2ccnn2C2CCCC2)nnc1-c1cccnc1. The molecule has 180 valence electrons. The van der Waals surface area contributed by atoms with Crippen molar-refractivity contribution in [2.24, 2.45) is 0 Å². The summed E-state index contributed by atoms with van der Waals surface area (Å²) in [7, 11) is 0. The number of hydrogen-bond donors (Lipinski definition) is 1. The molecule has 0 unspecified atom stereocenters. The first-order valence-corrected chi connectivity index (χ1v) is 13.0. The Morgan fingerprint density at radius 1 is 1.09 bits per heavy atom. The van der Waals surface area contributed by atoms with E-state index >= 15 is 0 Å². The molecule has 3 heterocycles. The summed E-state index contributed by atoms with van der Waals surface area (Å²) in [6.45, 7) is 4.33. The summed E-state index contributed by atoms with van der Waals surface area (Å²) in [6, 6.07) is 14.3. The number of para-hydroxylation sites is 1. The maximum atomic E-state index is 12.9. The monoisotopic (exact) mass is 487 g/mol. The average molecular weight is 488 g/mol. The fourth-order valence-electron chi connectivity index (χ4n) is 4.60. The number of carbonyl (C=O) groups is 1. The third kappa shape index (κ3) is 5.00. The van der Waals surface area contributed by atoms with Gasteiger partial charge in [-0.15, -0.1) is 10.2 Å². The summed E-state index contributed by atoms with van der Waals surface area (Å²) in [5, 5.41) is 17.1. The molecule has 0 radical (unpaired) electrons. The van der Waals surface area contributed by atoms with Gasteiger partial charge in [-0.25, -0.2) is 4.68 Å². The molecule has 8 nitrogen and oxygen atoms in total. The molecule has 0 spiro atoms. The van der Waals surface area contributed by atoms with Gasteiger partial charge < -0.3 is 5.32 Å². The molecular formula is C26H29N7OS. The molecule has 5 rings (SSSR count). The molecule has 0 atom stereocenters. The lowest BCUT2D eigenvalue weighted by Gasteiger charge is -2.17. The van der Waals surface area contributed by atoms with E-state index in [1.54, 1.807) is 18.6 Å². The lowest BCUT2D eigenvalue weighted by molar-refractivity contribution is -0.113. The predicted octanol–water partition coefficient (Wildman–Crippen LogP) is 5.50. The molecule has 35 heavy (non-hydrogen) atoms. The van der Waals surface area contributed by atoms with Crippen LogP contribution in [0, 0.1) is 0 Å². The van der Waals surface area contributed by atoms with E-state index in [0.29, 0.717) is 22.9 Å². The number of hydrogen-bond acceptors (Lipinski definition) is 6. The number of aromatic nitrogens is 6. The number of benzene rings is 1. The zero-order chi connectivity index (χ0) is 24.2. The van der Waals surface area contributed by atoms with Crippen molar-refractivity contribution in [1.29, 1.82) is 0 Å². The van der Waals surface area contributed by atoms with Gasteiger partial charge in [0.1, 0.15) is 5.82 Å². The van der Waals surface area contributed by atoms with Gasteiger partial charge in [0.2, 0.25) is 5.91 Å². The second kappa shape index (κ2) is 10.4. The van der Waals surface area contributed by atoms with Gasteiger partial charge >= 0.3 is 0 Å². The molecule has 1 amide bonds. The van der Waals surface area contributed by atoms with Crippen molar-refractivity contribution in [3.05, 3.63) is 66.6 Å². The highest BCUT2D eigenvalue weighted by atomic mass is 32.2. The third-order valence-electron chi connectivity index (χ3n) is 6.29. The number of thioether (sulfide) groups is 1. The van der Waals surface area contributed by atoms with Crippen LogP contribution >= 0.6 is 11.8 Å². The Morgan fingerprint density at radius 3 is 2.69 bits per heavy atom. The summed E-state index contributed by atoms with van der Waals surface area (Å²) < 4.78 is 3.99. The molecule has 1 aliphatic carbocycles. The third-order valence-corrected chi connectivity index (χ3v) is 7.22. The van der Waals surface area contributed by atoms with E-state index in [4.69, 9.17) is 0 Å². The van der Waals surface area contributed by atoms with Crippen LogP contribution in [0.25, 0.3) is 17.1 Å². The van der Waals surface area contributed by atoms with E-state index < -0.39 is 0 Å². The van der Waals surface area contributed by atoms with Gasteiger partial charge in [0, 0.05) is 24.0 Å². The normalized spacial score (nSPS) is 14.0. The quantitative estimate of drug-likeness (QED) is 0.330. The molecule has 1 aromatic carbocycles. The highest BCUT2D eigenvalue weighted by Gasteiger charge is 2.22. The standard InChI is InChI=1S/C26H29N7OS/c1-18(2)21-11-5-6-12-22(21)32-25(19-8-7-14-27-16-19)30-31-26(32)35-17-24(34)29-23-13-15-28-33(23)20-9-3-4-10-20/h5-8,11-16,18,20H,3-4,9-10,17H2,1-2H3,(H,29,34). The van der Waals surface area contributed by atoms with E-state index in [1.807, 2.05) is 39.6 Å². The number of amides is 1. The summed E-state index contributed by atoms with van der Waals surface area (Å²) >= 11 is 1.37. The highest BCUT2D eigenvalue weighted by Crippen LogP contribution is 2.33. The first-order valence-electron chi connectivity index (χ1n) is 12.0. The summed E-state index contributed by atoms with van der Waals surface area (Å²) in [5.74, 6) is 1.89. The Labute approximate surface area is 209 Å². The topological polar surface area (TPSA) is 90.5 Å². The van der Waals surface area contributed by atoms with Gasteiger partial charge in [0.05, 0.1) is 23.7 Å². The molecule has 1 aliphatic rings. The van der Waals surface area contributed by atoms with E-state index in [2.05, 4.69) is 51.6 Å². The van der Waals surface area contributed by atoms with Crippen LogP contribution in [0.4, 0.5) is 5.82 Å². The Balaban J connectivity index is 1.40. The summed E-state index contributed by atoms with van der Waals surface area (Å²) in [5.41, 5.74) is 3.06. The van der Waals surface area contributed by atoms with E-state index in [-0.39, 0.29) is 11.7 Å². The lowest BCUT2D eigenvalue weighted by Crippen LogP contribution is -2.19. The van der Waals surface area contributed by atoms with E-state index in [1.165, 1.54) is 30.2 Å².